The zero-order valence-corrected chi connectivity index (χ0v) is 18.0. The van der Waals surface area contributed by atoms with Gasteiger partial charge in [-0.3, -0.25) is 19.3 Å². The number of pyridine rings is 1. The summed E-state index contributed by atoms with van der Waals surface area (Å²) in [5, 5.41) is 12.3. The number of aromatic nitrogens is 1. The van der Waals surface area contributed by atoms with Crippen molar-refractivity contribution in [3.63, 3.8) is 0 Å². The molecule has 0 radical (unpaired) electrons. The number of amides is 1. The Bertz CT molecular complexity index is 1320. The molecule has 7 nitrogen and oxygen atoms in total. The number of rotatable bonds is 2. The fourth-order valence-corrected chi connectivity index (χ4v) is 4.33. The number of hydrogen-bond acceptors (Lipinski definition) is 5. The Morgan fingerprint density at radius 3 is 2.59 bits per heavy atom. The molecule has 1 amide bonds. The van der Waals surface area contributed by atoms with Gasteiger partial charge < -0.3 is 14.7 Å². The van der Waals surface area contributed by atoms with Crippen LogP contribution in [0.3, 0.4) is 0 Å². The summed E-state index contributed by atoms with van der Waals surface area (Å²) in [5.74, 6) is -0.845. The first kappa shape index (κ1) is 21.7. The van der Waals surface area contributed by atoms with Gasteiger partial charge in [-0.15, -0.1) is 0 Å². The lowest BCUT2D eigenvalue weighted by molar-refractivity contribution is 0.0701. The maximum atomic E-state index is 13.5. The fraction of sp³-hybridized carbons (Fsp3) is 0.200. The van der Waals surface area contributed by atoms with Crippen molar-refractivity contribution in [1.82, 2.24) is 9.58 Å². The van der Waals surface area contributed by atoms with Crippen LogP contribution < -0.4 is 15.2 Å². The molecule has 3 aromatic rings. The number of fused-ring (bicyclic) bond motifs is 5. The first-order chi connectivity index (χ1) is 16.5. The predicted octanol–water partition coefficient (Wildman–Crippen LogP) is 3.58. The Kier molecular flexibility index (Phi) is 5.53. The van der Waals surface area contributed by atoms with E-state index in [0.29, 0.717) is 5.56 Å². The Balaban J connectivity index is 1.79. The number of aromatic hydroxyl groups is 1. The van der Waals surface area contributed by atoms with Crippen molar-refractivity contribution in [2.24, 2.45) is 0 Å². The van der Waals surface area contributed by atoms with Crippen LogP contribution in [0.4, 0.5) is 8.78 Å². The Morgan fingerprint density at radius 1 is 1.03 bits per heavy atom. The van der Waals surface area contributed by atoms with Crippen molar-refractivity contribution < 1.29 is 23.4 Å². The summed E-state index contributed by atoms with van der Waals surface area (Å²) in [4.78, 5) is 26.9. The summed E-state index contributed by atoms with van der Waals surface area (Å²) in [7, 11) is 0. The van der Waals surface area contributed by atoms with E-state index in [0.717, 1.165) is 5.56 Å². The molecule has 3 heterocycles. The van der Waals surface area contributed by atoms with E-state index < -0.39 is 29.6 Å². The molecule has 0 unspecified atom stereocenters. The zero-order chi connectivity index (χ0) is 23.8. The lowest BCUT2D eigenvalue weighted by atomic mass is 9.95. The first-order valence-corrected chi connectivity index (χ1v) is 10.7. The van der Waals surface area contributed by atoms with Crippen molar-refractivity contribution in [1.29, 1.82) is 0 Å². The second-order valence-corrected chi connectivity index (χ2v) is 8.02. The number of nitrogens with zero attached hydrogens (tertiary/aromatic N) is 3. The number of carbonyl (C=O) groups excluding carboxylic acids is 1. The summed E-state index contributed by atoms with van der Waals surface area (Å²) in [6.45, 7) is 0.453. The third-order valence-corrected chi connectivity index (χ3v) is 5.96. The summed E-state index contributed by atoms with van der Waals surface area (Å²) < 4.78 is 34.3. The van der Waals surface area contributed by atoms with Crippen LogP contribution in [0, 0.1) is 0 Å². The molecule has 2 aromatic carbocycles. The van der Waals surface area contributed by atoms with Gasteiger partial charge in [0.05, 0.1) is 0 Å². The van der Waals surface area contributed by atoms with Gasteiger partial charge in [-0.05, 0) is 17.7 Å². The molecule has 5 rings (SSSR count). The highest BCUT2D eigenvalue weighted by molar-refractivity contribution is 5.96. The van der Waals surface area contributed by atoms with Crippen LogP contribution in [0.15, 0.2) is 77.7 Å². The molecule has 1 aromatic heterocycles. The van der Waals surface area contributed by atoms with Crippen molar-refractivity contribution >= 4 is 5.91 Å². The highest BCUT2D eigenvalue weighted by Gasteiger charge is 2.37. The smallest absolute Gasteiger partial charge is 0.278 e. The number of halogens is 2. The summed E-state index contributed by atoms with van der Waals surface area (Å²) in [6.07, 6.45) is 2.20. The van der Waals surface area contributed by atoms with Crippen LogP contribution in [0.1, 0.15) is 39.6 Å². The van der Waals surface area contributed by atoms with E-state index in [9.17, 15) is 23.5 Å². The summed E-state index contributed by atoms with van der Waals surface area (Å²) in [5.41, 5.74) is 0.426. The van der Waals surface area contributed by atoms with Crippen LogP contribution in [0.25, 0.3) is 0 Å². The standard InChI is InChI=1S/C25H21F2N3O4/c26-24(27)17-8-9-18-20(14-17)34-13-5-4-11-28-15-30(21(18)16-6-2-1-3-7-16)29-12-10-19(31)23(32)22(29)25(28)33/h1-10,12,14,21,24,32H,11,13,15H2/b5-4-/t21-/m0/s1. The van der Waals surface area contributed by atoms with E-state index in [-0.39, 0.29) is 36.8 Å². The quantitative estimate of drug-likeness (QED) is 0.586. The molecule has 0 aliphatic carbocycles. The van der Waals surface area contributed by atoms with Crippen molar-refractivity contribution in [3.05, 3.63) is 106 Å². The second-order valence-electron chi connectivity index (χ2n) is 8.02. The van der Waals surface area contributed by atoms with Crippen LogP contribution in [0.2, 0.25) is 0 Å². The van der Waals surface area contributed by atoms with Crippen LogP contribution in [-0.4, -0.2) is 40.4 Å². The monoisotopic (exact) mass is 465 g/mol. The van der Waals surface area contributed by atoms with Gasteiger partial charge in [0.15, 0.2) is 11.4 Å². The van der Waals surface area contributed by atoms with Gasteiger partial charge in [0.1, 0.15) is 25.1 Å². The molecular weight excluding hydrogens is 444 g/mol. The van der Waals surface area contributed by atoms with E-state index in [1.54, 1.807) is 23.2 Å². The van der Waals surface area contributed by atoms with Gasteiger partial charge in [0, 0.05) is 29.9 Å². The van der Waals surface area contributed by atoms with E-state index in [1.807, 2.05) is 30.3 Å². The number of alkyl halides is 2. The molecule has 9 heteroatoms. The lowest BCUT2D eigenvalue weighted by Crippen LogP contribution is -2.55. The molecule has 1 N–H and O–H groups in total. The average molecular weight is 465 g/mol. The van der Waals surface area contributed by atoms with Crippen molar-refractivity contribution in [3.8, 4) is 11.5 Å². The molecule has 0 saturated heterocycles. The largest absolute Gasteiger partial charge is 0.502 e. The molecule has 0 saturated carbocycles. The zero-order valence-electron chi connectivity index (χ0n) is 18.0. The van der Waals surface area contributed by atoms with Crippen LogP contribution >= 0.6 is 0 Å². The summed E-state index contributed by atoms with van der Waals surface area (Å²) >= 11 is 0. The number of hydrogen-bond donors (Lipinski definition) is 1. The normalized spacial score (nSPS) is 18.6. The molecule has 2 aliphatic heterocycles. The Hall–Kier alpha value is -4.14. The minimum absolute atomic E-state index is 0.119. The Morgan fingerprint density at radius 2 is 1.82 bits per heavy atom. The molecule has 1 atom stereocenters. The number of carbonyl (C=O) groups is 1. The van der Waals surface area contributed by atoms with E-state index in [2.05, 4.69) is 0 Å². The Labute approximate surface area is 193 Å². The lowest BCUT2D eigenvalue weighted by Gasteiger charge is -2.43. The van der Waals surface area contributed by atoms with Crippen LogP contribution in [-0.2, 0) is 0 Å². The number of ether oxygens (including phenoxy) is 1. The molecule has 2 bridgehead atoms. The van der Waals surface area contributed by atoms with Gasteiger partial charge in [-0.2, -0.15) is 0 Å². The predicted molar refractivity (Wildman–Crippen MR) is 121 cm³/mol. The maximum Gasteiger partial charge on any atom is 0.278 e. The van der Waals surface area contributed by atoms with E-state index in [4.69, 9.17) is 4.74 Å². The maximum absolute atomic E-state index is 13.5. The van der Waals surface area contributed by atoms with Gasteiger partial charge in [-0.25, -0.2) is 8.78 Å². The van der Waals surface area contributed by atoms with Crippen molar-refractivity contribution in [2.75, 3.05) is 24.8 Å². The average Bonchev–Trinajstić information content (AvgIpc) is 2.87. The van der Waals surface area contributed by atoms with Gasteiger partial charge >= 0.3 is 0 Å². The first-order valence-electron chi connectivity index (χ1n) is 10.7. The molecule has 0 fully saturated rings. The minimum Gasteiger partial charge on any atom is -0.502 e. The molecular formula is C25H21F2N3O4. The van der Waals surface area contributed by atoms with Gasteiger partial charge in [-0.1, -0.05) is 48.5 Å². The summed E-state index contributed by atoms with van der Waals surface area (Å²) in [6, 6.07) is 14.2. The topological polar surface area (TPSA) is 75.0 Å². The molecule has 174 valence electrons. The van der Waals surface area contributed by atoms with Gasteiger partial charge in [0.25, 0.3) is 12.3 Å². The minimum atomic E-state index is -2.66. The number of benzene rings is 2. The SMILES string of the molecule is O=C1c2c(O)c(=O)ccn2N2CN1C/C=C\COc1cc(C(F)F)ccc1[C@@H]2c1ccccc1. The molecule has 2 aliphatic rings. The van der Waals surface area contributed by atoms with Crippen molar-refractivity contribution in [2.45, 2.75) is 12.5 Å². The third kappa shape index (κ3) is 3.68. The fourth-order valence-electron chi connectivity index (χ4n) is 4.33. The highest BCUT2D eigenvalue weighted by Crippen LogP contribution is 2.38. The van der Waals surface area contributed by atoms with Crippen LogP contribution in [0.5, 0.6) is 11.5 Å². The van der Waals surface area contributed by atoms with E-state index >= 15 is 0 Å². The molecule has 34 heavy (non-hydrogen) atoms. The van der Waals surface area contributed by atoms with E-state index in [1.165, 1.54) is 34.0 Å². The highest BCUT2D eigenvalue weighted by atomic mass is 19.3. The second kappa shape index (κ2) is 8.66. The third-order valence-electron chi connectivity index (χ3n) is 5.96. The molecule has 0 spiro atoms. The van der Waals surface area contributed by atoms with Gasteiger partial charge in [0.2, 0.25) is 5.43 Å².